The molecule has 1 atom stereocenters. The molecular formula is C27H28FN3O3. The third-order valence-corrected chi connectivity index (χ3v) is 5.14. The summed E-state index contributed by atoms with van der Waals surface area (Å²) in [6.45, 7) is 5.98. The van der Waals surface area contributed by atoms with Crippen molar-refractivity contribution in [3.63, 3.8) is 0 Å². The Labute approximate surface area is 198 Å². The van der Waals surface area contributed by atoms with E-state index in [2.05, 4.69) is 15.8 Å². The molecule has 3 aromatic rings. The highest BCUT2D eigenvalue weighted by Crippen LogP contribution is 2.14. The van der Waals surface area contributed by atoms with Gasteiger partial charge in [0.15, 0.2) is 0 Å². The van der Waals surface area contributed by atoms with Gasteiger partial charge < -0.3 is 10.1 Å². The Kier molecular flexibility index (Phi) is 8.51. The molecule has 0 aliphatic heterocycles. The van der Waals surface area contributed by atoms with Gasteiger partial charge in [-0.3, -0.25) is 9.59 Å². The normalized spacial score (nSPS) is 11.9. The maximum Gasteiger partial charge on any atom is 0.262 e. The van der Waals surface area contributed by atoms with E-state index in [-0.39, 0.29) is 17.6 Å². The lowest BCUT2D eigenvalue weighted by Gasteiger charge is -2.20. The average molecular weight is 462 g/mol. The minimum absolute atomic E-state index is 0.123. The van der Waals surface area contributed by atoms with Crippen LogP contribution in [0.5, 0.6) is 5.75 Å². The van der Waals surface area contributed by atoms with Gasteiger partial charge in [-0.15, -0.1) is 0 Å². The Bertz CT molecular complexity index is 1130. The van der Waals surface area contributed by atoms with E-state index in [1.54, 1.807) is 48.5 Å². The van der Waals surface area contributed by atoms with Crippen LogP contribution in [0.25, 0.3) is 0 Å². The molecule has 0 heterocycles. The number of amides is 2. The standard InChI is InChI=1S/C27H28FN3O3/c1-18(2)25(30-26(32)22-10-4-19(3)5-11-22)27(33)31-29-16-20-8-14-24(15-9-20)34-17-21-6-12-23(28)13-7-21/h4-16,18,25H,17H2,1-3H3,(H,30,32)(H,31,33)/b29-16-. The summed E-state index contributed by atoms with van der Waals surface area (Å²) in [6.07, 6.45) is 1.51. The van der Waals surface area contributed by atoms with Gasteiger partial charge in [0.05, 0.1) is 6.21 Å². The molecule has 0 bridgehead atoms. The molecule has 3 aromatic carbocycles. The summed E-state index contributed by atoms with van der Waals surface area (Å²) in [7, 11) is 0. The molecule has 7 heteroatoms. The van der Waals surface area contributed by atoms with Crippen molar-refractivity contribution in [3.8, 4) is 5.75 Å². The van der Waals surface area contributed by atoms with Crippen LogP contribution in [-0.2, 0) is 11.4 Å². The van der Waals surface area contributed by atoms with E-state index in [0.29, 0.717) is 17.9 Å². The molecule has 176 valence electrons. The lowest BCUT2D eigenvalue weighted by atomic mass is 10.0. The average Bonchev–Trinajstić information content (AvgIpc) is 2.83. The largest absolute Gasteiger partial charge is 0.489 e. The van der Waals surface area contributed by atoms with E-state index >= 15 is 0 Å². The first-order chi connectivity index (χ1) is 16.3. The third kappa shape index (κ3) is 7.27. The first-order valence-corrected chi connectivity index (χ1v) is 11.0. The van der Waals surface area contributed by atoms with Crippen LogP contribution in [0.15, 0.2) is 77.9 Å². The number of nitrogens with zero attached hydrogens (tertiary/aromatic N) is 1. The molecule has 2 amide bonds. The fourth-order valence-electron chi connectivity index (χ4n) is 3.10. The molecule has 0 aromatic heterocycles. The minimum Gasteiger partial charge on any atom is -0.489 e. The molecule has 2 N–H and O–H groups in total. The first-order valence-electron chi connectivity index (χ1n) is 11.0. The zero-order valence-corrected chi connectivity index (χ0v) is 19.4. The second kappa shape index (κ2) is 11.7. The maximum atomic E-state index is 13.0. The van der Waals surface area contributed by atoms with Crippen molar-refractivity contribution in [2.45, 2.75) is 33.4 Å². The summed E-state index contributed by atoms with van der Waals surface area (Å²) in [4.78, 5) is 25.1. The van der Waals surface area contributed by atoms with Crippen LogP contribution < -0.4 is 15.5 Å². The summed E-state index contributed by atoms with van der Waals surface area (Å²) in [5.41, 5.74) is 5.67. The number of nitrogens with one attached hydrogen (secondary N) is 2. The van der Waals surface area contributed by atoms with Gasteiger partial charge in [0.25, 0.3) is 11.8 Å². The molecule has 34 heavy (non-hydrogen) atoms. The second-order valence-corrected chi connectivity index (χ2v) is 8.28. The monoisotopic (exact) mass is 461 g/mol. The minimum atomic E-state index is -0.729. The smallest absolute Gasteiger partial charge is 0.262 e. The summed E-state index contributed by atoms with van der Waals surface area (Å²) in [5, 5.41) is 6.79. The van der Waals surface area contributed by atoms with Gasteiger partial charge in [0.2, 0.25) is 0 Å². The van der Waals surface area contributed by atoms with Gasteiger partial charge in [-0.25, -0.2) is 9.82 Å². The molecule has 0 aliphatic carbocycles. The number of carbonyl (C=O) groups is 2. The molecule has 0 saturated carbocycles. The van der Waals surface area contributed by atoms with Crippen LogP contribution in [0.3, 0.4) is 0 Å². The number of halogens is 1. The SMILES string of the molecule is Cc1ccc(C(=O)NC(C(=O)N/N=C\c2ccc(OCc3ccc(F)cc3)cc2)C(C)C)cc1. The number of hydrazone groups is 1. The Balaban J connectivity index is 1.52. The van der Waals surface area contributed by atoms with Gasteiger partial charge >= 0.3 is 0 Å². The number of benzene rings is 3. The van der Waals surface area contributed by atoms with E-state index in [9.17, 15) is 14.0 Å². The van der Waals surface area contributed by atoms with Crippen LogP contribution in [0.1, 0.15) is 40.9 Å². The van der Waals surface area contributed by atoms with E-state index in [1.807, 2.05) is 32.9 Å². The molecule has 0 saturated heterocycles. The quantitative estimate of drug-likeness (QED) is 0.361. The topological polar surface area (TPSA) is 79.8 Å². The molecule has 3 rings (SSSR count). The van der Waals surface area contributed by atoms with Crippen molar-refractivity contribution in [2.75, 3.05) is 0 Å². The van der Waals surface area contributed by atoms with Crippen molar-refractivity contribution in [1.82, 2.24) is 10.7 Å². The summed E-state index contributed by atoms with van der Waals surface area (Å²) < 4.78 is 18.7. The lowest BCUT2D eigenvalue weighted by Crippen LogP contribution is -2.48. The summed E-state index contributed by atoms with van der Waals surface area (Å²) >= 11 is 0. The Morgan fingerprint density at radius 2 is 1.62 bits per heavy atom. The highest BCUT2D eigenvalue weighted by atomic mass is 19.1. The van der Waals surface area contributed by atoms with Crippen molar-refractivity contribution in [2.24, 2.45) is 11.0 Å². The zero-order valence-electron chi connectivity index (χ0n) is 19.4. The molecule has 0 fully saturated rings. The van der Waals surface area contributed by atoms with Gasteiger partial charge in [0.1, 0.15) is 24.2 Å². The molecular weight excluding hydrogens is 433 g/mol. The van der Waals surface area contributed by atoms with Crippen LogP contribution >= 0.6 is 0 Å². The third-order valence-electron chi connectivity index (χ3n) is 5.14. The number of hydrogen-bond donors (Lipinski definition) is 2. The predicted octanol–water partition coefficient (Wildman–Crippen LogP) is 4.62. The molecule has 0 radical (unpaired) electrons. The number of aryl methyl sites for hydroxylation is 1. The highest BCUT2D eigenvalue weighted by molar-refractivity contribution is 5.97. The maximum absolute atomic E-state index is 13.0. The Hall–Kier alpha value is -4.00. The highest BCUT2D eigenvalue weighted by Gasteiger charge is 2.24. The number of hydrogen-bond acceptors (Lipinski definition) is 4. The fourth-order valence-corrected chi connectivity index (χ4v) is 3.10. The van der Waals surface area contributed by atoms with E-state index < -0.39 is 11.9 Å². The predicted molar refractivity (Wildman–Crippen MR) is 130 cm³/mol. The Morgan fingerprint density at radius 3 is 2.24 bits per heavy atom. The molecule has 0 aliphatic rings. The van der Waals surface area contributed by atoms with Crippen LogP contribution in [-0.4, -0.2) is 24.1 Å². The first kappa shape index (κ1) is 24.6. The van der Waals surface area contributed by atoms with Crippen LogP contribution in [0, 0.1) is 18.7 Å². The summed E-state index contributed by atoms with van der Waals surface area (Å²) in [5.74, 6) is -0.459. The van der Waals surface area contributed by atoms with Gasteiger partial charge in [-0.05, 0) is 72.5 Å². The van der Waals surface area contributed by atoms with Crippen molar-refractivity contribution in [3.05, 3.63) is 101 Å². The van der Waals surface area contributed by atoms with E-state index in [0.717, 1.165) is 16.7 Å². The van der Waals surface area contributed by atoms with Crippen LogP contribution in [0.2, 0.25) is 0 Å². The lowest BCUT2D eigenvalue weighted by molar-refractivity contribution is -0.123. The van der Waals surface area contributed by atoms with Crippen molar-refractivity contribution >= 4 is 18.0 Å². The van der Waals surface area contributed by atoms with Gasteiger partial charge in [-0.1, -0.05) is 43.7 Å². The van der Waals surface area contributed by atoms with Crippen molar-refractivity contribution < 1.29 is 18.7 Å². The van der Waals surface area contributed by atoms with Crippen molar-refractivity contribution in [1.29, 1.82) is 0 Å². The van der Waals surface area contributed by atoms with Gasteiger partial charge in [0, 0.05) is 5.56 Å². The number of carbonyl (C=O) groups excluding carboxylic acids is 2. The fraction of sp³-hybridized carbons (Fsp3) is 0.222. The second-order valence-electron chi connectivity index (χ2n) is 8.28. The van der Waals surface area contributed by atoms with Crippen LogP contribution in [0.4, 0.5) is 4.39 Å². The van der Waals surface area contributed by atoms with Gasteiger partial charge in [-0.2, -0.15) is 5.10 Å². The summed E-state index contributed by atoms with van der Waals surface area (Å²) in [6, 6.07) is 19.7. The molecule has 0 spiro atoms. The van der Waals surface area contributed by atoms with E-state index in [1.165, 1.54) is 18.3 Å². The number of rotatable bonds is 9. The number of ether oxygens (including phenoxy) is 1. The zero-order chi connectivity index (χ0) is 24.5. The van der Waals surface area contributed by atoms with E-state index in [4.69, 9.17) is 4.74 Å². The Morgan fingerprint density at radius 1 is 0.971 bits per heavy atom. The molecule has 6 nitrogen and oxygen atoms in total. The molecule has 1 unspecified atom stereocenters.